The molecule has 1 aromatic carbocycles. The molecule has 0 aromatic heterocycles. The van der Waals surface area contributed by atoms with Crippen LogP contribution >= 0.6 is 31.4 Å². The van der Waals surface area contributed by atoms with Gasteiger partial charge in [0.05, 0.1) is 12.5 Å². The van der Waals surface area contributed by atoms with E-state index in [1.165, 1.54) is 31.4 Å². The van der Waals surface area contributed by atoms with Crippen molar-refractivity contribution in [3.63, 3.8) is 0 Å². The summed E-state index contributed by atoms with van der Waals surface area (Å²) in [5, 5.41) is 9.93. The summed E-state index contributed by atoms with van der Waals surface area (Å²) in [4.78, 5) is 40.6. The van der Waals surface area contributed by atoms with Gasteiger partial charge in [0.1, 0.15) is 4.75 Å². The second-order valence-corrected chi connectivity index (χ2v) is 9.91. The lowest BCUT2D eigenvalue weighted by molar-refractivity contribution is -0.197. The summed E-state index contributed by atoms with van der Waals surface area (Å²) in [5.74, 6) is -1.71. The van der Waals surface area contributed by atoms with E-state index in [1.54, 1.807) is 6.92 Å². The highest BCUT2D eigenvalue weighted by Gasteiger charge is 2.34. The van der Waals surface area contributed by atoms with Gasteiger partial charge < -0.3 is 4.84 Å². The van der Waals surface area contributed by atoms with Crippen LogP contribution in [0.25, 0.3) is 0 Å². The third kappa shape index (κ3) is 5.99. The number of hydroxylamine groups is 2. The van der Waals surface area contributed by atoms with Crippen molar-refractivity contribution in [2.75, 3.05) is 0 Å². The second-order valence-electron chi connectivity index (χ2n) is 5.44. The fraction of sp³-hybridized carbons (Fsp3) is 0.375. The van der Waals surface area contributed by atoms with Gasteiger partial charge in [0, 0.05) is 17.7 Å². The largest absolute Gasteiger partial charge is 0.333 e. The van der Waals surface area contributed by atoms with Crippen LogP contribution in [0.4, 0.5) is 0 Å². The highest BCUT2D eigenvalue weighted by molar-refractivity contribution is 9.09. The van der Waals surface area contributed by atoms with Crippen LogP contribution in [-0.2, 0) is 19.2 Å². The Morgan fingerprint density at radius 3 is 2.52 bits per heavy atom. The number of carbonyl (C=O) groups excluding carboxylic acids is 3. The maximum atomic E-state index is 11.8. The average Bonchev–Trinajstić information content (AvgIpc) is 2.93. The Labute approximate surface area is 157 Å². The first-order valence-electron chi connectivity index (χ1n) is 7.49. The summed E-state index contributed by atoms with van der Waals surface area (Å²) in [6, 6.07) is 12.0. The first-order chi connectivity index (χ1) is 11.9. The molecule has 6 nitrogen and oxygen atoms in total. The molecule has 1 atom stereocenters. The topological polar surface area (TPSA) is 87.5 Å². The molecule has 2 amide bonds. The predicted molar refractivity (Wildman–Crippen MR) is 97.9 cm³/mol. The van der Waals surface area contributed by atoms with Crippen LogP contribution in [0, 0.1) is 11.3 Å². The van der Waals surface area contributed by atoms with E-state index in [0.717, 1.165) is 4.90 Å². The van der Waals surface area contributed by atoms with Crippen LogP contribution in [0.1, 0.15) is 32.6 Å². The number of benzene rings is 1. The van der Waals surface area contributed by atoms with Gasteiger partial charge in [0.2, 0.25) is 0 Å². The second kappa shape index (κ2) is 9.17. The molecule has 1 aromatic rings. The Morgan fingerprint density at radius 2 is 1.92 bits per heavy atom. The number of amides is 2. The van der Waals surface area contributed by atoms with Crippen LogP contribution < -0.4 is 0 Å². The van der Waals surface area contributed by atoms with Gasteiger partial charge in [-0.1, -0.05) is 29.0 Å². The molecule has 0 radical (unpaired) electrons. The van der Waals surface area contributed by atoms with E-state index < -0.39 is 22.5 Å². The van der Waals surface area contributed by atoms with E-state index in [2.05, 4.69) is 6.07 Å². The molecule has 1 heterocycles. The van der Waals surface area contributed by atoms with Gasteiger partial charge in [-0.3, -0.25) is 9.59 Å². The van der Waals surface area contributed by atoms with Crippen molar-refractivity contribution in [3.05, 3.63) is 30.3 Å². The zero-order chi connectivity index (χ0) is 18.3. The Bertz CT molecular complexity index is 676. The van der Waals surface area contributed by atoms with E-state index in [9.17, 15) is 19.6 Å². The lowest BCUT2D eigenvalue weighted by Crippen LogP contribution is -2.32. The Morgan fingerprint density at radius 1 is 1.28 bits per heavy atom. The zero-order valence-electron chi connectivity index (χ0n) is 13.5. The first kappa shape index (κ1) is 19.7. The maximum absolute atomic E-state index is 11.8. The minimum absolute atomic E-state index is 0.0509. The highest BCUT2D eigenvalue weighted by Crippen LogP contribution is 2.48. The third-order valence-corrected chi connectivity index (χ3v) is 7.91. The Hall–Kier alpha value is -1.63. The summed E-state index contributed by atoms with van der Waals surface area (Å²) >= 11 is 0. The lowest BCUT2D eigenvalue weighted by atomic mass is 10.1. The molecular weight excluding hydrogens is 380 g/mol. The van der Waals surface area contributed by atoms with Gasteiger partial charge in [0.25, 0.3) is 11.8 Å². The van der Waals surface area contributed by atoms with Crippen molar-refractivity contribution < 1.29 is 19.2 Å². The molecule has 0 N–H and O–H groups in total. The predicted octanol–water partition coefficient (Wildman–Crippen LogP) is 3.74. The van der Waals surface area contributed by atoms with E-state index in [-0.39, 0.29) is 25.7 Å². The van der Waals surface area contributed by atoms with Crippen molar-refractivity contribution in [2.45, 2.75) is 42.2 Å². The molecule has 1 aliphatic heterocycles. The lowest BCUT2D eigenvalue weighted by Gasteiger charge is -2.19. The van der Waals surface area contributed by atoms with Crippen molar-refractivity contribution >= 4 is 49.2 Å². The number of nitriles is 1. The number of hydrogen-bond acceptors (Lipinski definition) is 8. The van der Waals surface area contributed by atoms with Gasteiger partial charge in [-0.15, -0.1) is 5.06 Å². The van der Waals surface area contributed by atoms with Crippen LogP contribution in [0.2, 0.25) is 0 Å². The fourth-order valence-corrected chi connectivity index (χ4v) is 6.47. The monoisotopic (exact) mass is 396 g/mol. The molecule has 0 bridgehead atoms. The SMILES string of the molecule is CC(C#N)(CCC(=O)ON1C(=O)CCC1=O)SSSc1ccccc1. The maximum Gasteiger partial charge on any atom is 0.333 e. The van der Waals surface area contributed by atoms with Crippen molar-refractivity contribution in [1.82, 2.24) is 5.06 Å². The van der Waals surface area contributed by atoms with Gasteiger partial charge >= 0.3 is 5.97 Å². The molecule has 25 heavy (non-hydrogen) atoms. The molecule has 0 spiro atoms. The van der Waals surface area contributed by atoms with E-state index >= 15 is 0 Å². The van der Waals surface area contributed by atoms with Gasteiger partial charge in [-0.05, 0) is 46.1 Å². The van der Waals surface area contributed by atoms with Crippen LogP contribution in [-0.4, -0.2) is 27.6 Å². The summed E-state index contributed by atoms with van der Waals surface area (Å²) in [5.41, 5.74) is 0. The molecule has 132 valence electrons. The standard InChI is InChI=1S/C16H16N2O4S3/c1-16(11-17,24-25-23-12-5-3-2-4-6-12)10-9-15(21)22-18-13(19)7-8-14(18)20/h2-6H,7-10H2,1H3. The van der Waals surface area contributed by atoms with Crippen molar-refractivity contribution in [2.24, 2.45) is 0 Å². The molecule has 2 rings (SSSR count). The molecular formula is C16H16N2O4S3. The van der Waals surface area contributed by atoms with Gasteiger partial charge in [-0.25, -0.2) is 4.79 Å². The van der Waals surface area contributed by atoms with Crippen LogP contribution in [0.15, 0.2) is 35.2 Å². The average molecular weight is 397 g/mol. The van der Waals surface area contributed by atoms with Gasteiger partial charge in [0.15, 0.2) is 0 Å². The zero-order valence-corrected chi connectivity index (χ0v) is 15.9. The number of rotatable bonds is 8. The Balaban J connectivity index is 1.77. The smallest absolute Gasteiger partial charge is 0.330 e. The Kier molecular flexibility index (Phi) is 7.23. The molecule has 9 heteroatoms. The first-order valence-corrected chi connectivity index (χ1v) is 11.0. The minimum Gasteiger partial charge on any atom is -0.330 e. The molecule has 1 unspecified atom stereocenters. The number of nitrogens with zero attached hydrogens (tertiary/aromatic N) is 2. The van der Waals surface area contributed by atoms with Crippen molar-refractivity contribution in [3.8, 4) is 6.07 Å². The van der Waals surface area contributed by atoms with E-state index in [0.29, 0.717) is 5.06 Å². The minimum atomic E-state index is -0.787. The summed E-state index contributed by atoms with van der Waals surface area (Å²) in [6.45, 7) is 1.75. The molecule has 0 saturated carbocycles. The number of carbonyl (C=O) groups is 3. The normalized spacial score (nSPS) is 16.4. The highest BCUT2D eigenvalue weighted by atomic mass is 33.5. The van der Waals surface area contributed by atoms with Crippen LogP contribution in [0.5, 0.6) is 0 Å². The summed E-state index contributed by atoms with van der Waals surface area (Å²) < 4.78 is -0.787. The van der Waals surface area contributed by atoms with Gasteiger partial charge in [-0.2, -0.15) is 5.26 Å². The fourth-order valence-electron chi connectivity index (χ4n) is 1.87. The van der Waals surface area contributed by atoms with Crippen molar-refractivity contribution in [1.29, 1.82) is 5.26 Å². The molecule has 1 fully saturated rings. The molecule has 0 aliphatic carbocycles. The van der Waals surface area contributed by atoms with Crippen LogP contribution in [0.3, 0.4) is 0 Å². The molecule has 1 aliphatic rings. The third-order valence-electron chi connectivity index (χ3n) is 3.33. The summed E-state index contributed by atoms with van der Waals surface area (Å²) in [7, 11) is 4.37. The summed E-state index contributed by atoms with van der Waals surface area (Å²) in [6.07, 6.45) is 0.326. The number of imide groups is 1. The molecule has 1 saturated heterocycles. The number of hydrogen-bond donors (Lipinski definition) is 0. The van der Waals surface area contributed by atoms with E-state index in [4.69, 9.17) is 4.84 Å². The quantitative estimate of drug-likeness (QED) is 0.485. The van der Waals surface area contributed by atoms with E-state index in [1.807, 2.05) is 30.3 Å².